The van der Waals surface area contributed by atoms with Crippen LogP contribution >= 0.6 is 0 Å². The minimum Gasteiger partial charge on any atom is -0.327 e. The molecule has 1 aromatic heterocycles. The quantitative estimate of drug-likeness (QED) is 0.755. The molecule has 0 fully saturated rings. The monoisotopic (exact) mass is 208 g/mol. The molecule has 2 nitrogen and oxygen atoms in total. The summed E-state index contributed by atoms with van der Waals surface area (Å²) in [7, 11) is 0. The van der Waals surface area contributed by atoms with Crippen LogP contribution < -0.4 is 5.73 Å². The van der Waals surface area contributed by atoms with E-state index < -0.39 is 30.2 Å². The van der Waals surface area contributed by atoms with Crippen LogP contribution in [0.15, 0.2) is 18.3 Å². The molecule has 78 valence electrons. The molecule has 14 heavy (non-hydrogen) atoms. The van der Waals surface area contributed by atoms with Gasteiger partial charge in [-0.15, -0.1) is 0 Å². The molecule has 1 atom stereocenters. The van der Waals surface area contributed by atoms with E-state index in [1.807, 2.05) is 0 Å². The van der Waals surface area contributed by atoms with E-state index in [9.17, 15) is 17.6 Å². The molecular formula is C8H8F4N2. The van der Waals surface area contributed by atoms with E-state index in [1.54, 1.807) is 0 Å². The van der Waals surface area contributed by atoms with Crippen molar-refractivity contribution >= 4 is 0 Å². The first-order valence-electron chi connectivity index (χ1n) is 3.83. The van der Waals surface area contributed by atoms with Crippen molar-refractivity contribution in [3.8, 4) is 0 Å². The van der Waals surface area contributed by atoms with Crippen molar-refractivity contribution in [2.24, 2.45) is 5.73 Å². The second-order valence-corrected chi connectivity index (χ2v) is 2.64. The fourth-order valence-corrected chi connectivity index (χ4v) is 1.03. The van der Waals surface area contributed by atoms with Gasteiger partial charge >= 0.3 is 6.18 Å². The first-order valence-corrected chi connectivity index (χ1v) is 3.83. The largest absolute Gasteiger partial charge is 0.433 e. The lowest BCUT2D eigenvalue weighted by Crippen LogP contribution is -2.16. The van der Waals surface area contributed by atoms with E-state index in [4.69, 9.17) is 5.73 Å². The van der Waals surface area contributed by atoms with Gasteiger partial charge in [-0.3, -0.25) is 4.98 Å². The number of nitrogens with zero attached hydrogens (tertiary/aromatic N) is 1. The molecular weight excluding hydrogens is 200 g/mol. The SMILES string of the molecule is NCC(F)c1cccnc1C(F)(F)F. The molecule has 1 rings (SSSR count). The third kappa shape index (κ3) is 2.20. The van der Waals surface area contributed by atoms with Crippen molar-refractivity contribution in [3.05, 3.63) is 29.6 Å². The highest BCUT2D eigenvalue weighted by atomic mass is 19.4. The molecule has 1 unspecified atom stereocenters. The maximum Gasteiger partial charge on any atom is 0.433 e. The minimum absolute atomic E-state index is 0.491. The number of hydrogen-bond donors (Lipinski definition) is 1. The van der Waals surface area contributed by atoms with Crippen LogP contribution in [-0.2, 0) is 6.18 Å². The summed E-state index contributed by atoms with van der Waals surface area (Å²) < 4.78 is 49.8. The lowest BCUT2D eigenvalue weighted by molar-refractivity contribution is -0.142. The Bertz CT molecular complexity index is 310. The van der Waals surface area contributed by atoms with Gasteiger partial charge in [0, 0.05) is 18.3 Å². The first kappa shape index (κ1) is 10.9. The number of halogens is 4. The Morgan fingerprint density at radius 3 is 2.57 bits per heavy atom. The smallest absolute Gasteiger partial charge is 0.327 e. The topological polar surface area (TPSA) is 38.9 Å². The molecule has 0 saturated heterocycles. The number of alkyl halides is 4. The Labute approximate surface area is 77.7 Å². The van der Waals surface area contributed by atoms with Gasteiger partial charge in [0.1, 0.15) is 6.17 Å². The second-order valence-electron chi connectivity index (χ2n) is 2.64. The molecule has 1 heterocycles. The van der Waals surface area contributed by atoms with Crippen LogP contribution in [0, 0.1) is 0 Å². The number of nitrogens with two attached hydrogens (primary N) is 1. The molecule has 6 heteroatoms. The summed E-state index contributed by atoms with van der Waals surface area (Å²) in [6.07, 6.45) is -5.51. The van der Waals surface area contributed by atoms with Crippen LogP contribution in [0.5, 0.6) is 0 Å². The van der Waals surface area contributed by atoms with Gasteiger partial charge in [0.2, 0.25) is 0 Å². The average Bonchev–Trinajstić information content (AvgIpc) is 2.15. The summed E-state index contributed by atoms with van der Waals surface area (Å²) in [4.78, 5) is 3.10. The van der Waals surface area contributed by atoms with Crippen LogP contribution in [0.3, 0.4) is 0 Å². The van der Waals surface area contributed by atoms with E-state index in [1.165, 1.54) is 6.07 Å². The highest BCUT2D eigenvalue weighted by Crippen LogP contribution is 2.33. The molecule has 2 N–H and O–H groups in total. The number of pyridine rings is 1. The van der Waals surface area contributed by atoms with E-state index in [0.717, 1.165) is 12.3 Å². The number of rotatable bonds is 2. The lowest BCUT2D eigenvalue weighted by atomic mass is 10.1. The zero-order chi connectivity index (χ0) is 10.8. The average molecular weight is 208 g/mol. The number of hydrogen-bond acceptors (Lipinski definition) is 2. The van der Waals surface area contributed by atoms with E-state index in [-0.39, 0.29) is 0 Å². The Morgan fingerprint density at radius 2 is 2.07 bits per heavy atom. The van der Waals surface area contributed by atoms with Gasteiger partial charge in [-0.25, -0.2) is 4.39 Å². The van der Waals surface area contributed by atoms with E-state index in [0.29, 0.717) is 0 Å². The van der Waals surface area contributed by atoms with Gasteiger partial charge in [0.25, 0.3) is 0 Å². The fraction of sp³-hybridized carbons (Fsp3) is 0.375. The zero-order valence-electron chi connectivity index (χ0n) is 7.05. The Kier molecular flexibility index (Phi) is 3.05. The van der Waals surface area contributed by atoms with Gasteiger partial charge in [-0.2, -0.15) is 13.2 Å². The maximum atomic E-state index is 13.0. The molecule has 0 aromatic carbocycles. The predicted molar refractivity (Wildman–Crippen MR) is 42.1 cm³/mol. The van der Waals surface area contributed by atoms with Crippen molar-refractivity contribution in [3.63, 3.8) is 0 Å². The fourth-order valence-electron chi connectivity index (χ4n) is 1.03. The van der Waals surface area contributed by atoms with Crippen molar-refractivity contribution in [2.45, 2.75) is 12.3 Å². The predicted octanol–water partition coefficient (Wildman–Crippen LogP) is 2.07. The van der Waals surface area contributed by atoms with Crippen molar-refractivity contribution in [1.82, 2.24) is 4.98 Å². The third-order valence-electron chi connectivity index (χ3n) is 1.65. The lowest BCUT2D eigenvalue weighted by Gasteiger charge is -2.12. The molecule has 0 amide bonds. The molecule has 0 bridgehead atoms. The first-order chi connectivity index (χ1) is 6.46. The molecule has 0 aliphatic carbocycles. The zero-order valence-corrected chi connectivity index (χ0v) is 7.05. The van der Waals surface area contributed by atoms with Crippen molar-refractivity contribution in [2.75, 3.05) is 6.54 Å². The molecule has 0 spiro atoms. The normalized spacial score (nSPS) is 14.1. The van der Waals surface area contributed by atoms with Gasteiger partial charge in [0.15, 0.2) is 5.69 Å². The van der Waals surface area contributed by atoms with Crippen molar-refractivity contribution < 1.29 is 17.6 Å². The summed E-state index contributed by atoms with van der Waals surface area (Å²) in [6.45, 7) is -0.491. The number of aromatic nitrogens is 1. The highest BCUT2D eigenvalue weighted by molar-refractivity contribution is 5.25. The maximum absolute atomic E-state index is 13.0. The molecule has 0 saturated carbocycles. The van der Waals surface area contributed by atoms with Gasteiger partial charge < -0.3 is 5.73 Å². The Balaban J connectivity index is 3.16. The summed E-state index contributed by atoms with van der Waals surface area (Å²) in [5.41, 5.74) is 3.22. The van der Waals surface area contributed by atoms with Crippen molar-refractivity contribution in [1.29, 1.82) is 0 Å². The van der Waals surface area contributed by atoms with Crippen LogP contribution in [0.25, 0.3) is 0 Å². The van der Waals surface area contributed by atoms with Gasteiger partial charge in [-0.1, -0.05) is 6.07 Å². The van der Waals surface area contributed by atoms with Gasteiger partial charge in [-0.05, 0) is 6.07 Å². The van der Waals surface area contributed by atoms with Gasteiger partial charge in [0.05, 0.1) is 0 Å². The third-order valence-corrected chi connectivity index (χ3v) is 1.65. The summed E-state index contributed by atoms with van der Waals surface area (Å²) in [6, 6.07) is 2.28. The molecule has 0 aliphatic heterocycles. The molecule has 0 radical (unpaired) electrons. The highest BCUT2D eigenvalue weighted by Gasteiger charge is 2.36. The minimum atomic E-state index is -4.64. The van der Waals surface area contributed by atoms with Crippen LogP contribution in [0.1, 0.15) is 17.4 Å². The Hall–Kier alpha value is -1.17. The molecule has 1 aromatic rings. The molecule has 0 aliphatic rings. The van der Waals surface area contributed by atoms with Crippen LogP contribution in [-0.4, -0.2) is 11.5 Å². The van der Waals surface area contributed by atoms with E-state index >= 15 is 0 Å². The van der Waals surface area contributed by atoms with E-state index in [2.05, 4.69) is 4.98 Å². The standard InChI is InChI=1S/C8H8F4N2/c9-6(4-13)5-2-1-3-14-7(5)8(10,11)12/h1-3,6H,4,13H2. The summed E-state index contributed by atoms with van der Waals surface area (Å²) in [5, 5.41) is 0. The summed E-state index contributed by atoms with van der Waals surface area (Å²) in [5.74, 6) is 0. The summed E-state index contributed by atoms with van der Waals surface area (Å²) >= 11 is 0. The van der Waals surface area contributed by atoms with Crippen LogP contribution in [0.4, 0.5) is 17.6 Å². The Morgan fingerprint density at radius 1 is 1.43 bits per heavy atom. The van der Waals surface area contributed by atoms with Crippen LogP contribution in [0.2, 0.25) is 0 Å². The second kappa shape index (κ2) is 3.91.